The van der Waals surface area contributed by atoms with Gasteiger partial charge in [-0.3, -0.25) is 4.57 Å². The van der Waals surface area contributed by atoms with Crippen LogP contribution in [0.5, 0.6) is 0 Å². The van der Waals surface area contributed by atoms with Crippen molar-refractivity contribution in [3.05, 3.63) is 47.0 Å². The maximum atomic E-state index is 11.2. The number of carbonyl (C=O) groups is 1. The quantitative estimate of drug-likeness (QED) is 0.862. The van der Waals surface area contributed by atoms with Gasteiger partial charge in [-0.1, -0.05) is 12.1 Å². The second-order valence-electron chi connectivity index (χ2n) is 4.14. The molecule has 1 aromatic heterocycles. The summed E-state index contributed by atoms with van der Waals surface area (Å²) >= 11 is 0. The van der Waals surface area contributed by atoms with Gasteiger partial charge in [-0.15, -0.1) is 0 Å². The summed E-state index contributed by atoms with van der Waals surface area (Å²) in [6.07, 6.45) is 1.56. The highest BCUT2D eigenvalue weighted by Gasteiger charge is 2.16. The Kier molecular flexibility index (Phi) is 2.71. The number of carboxylic acids is 1. The molecule has 0 aliphatic carbocycles. The molecule has 0 atom stereocenters. The van der Waals surface area contributed by atoms with E-state index in [-0.39, 0.29) is 5.69 Å². The number of nitrogens with zero attached hydrogens (tertiary/aromatic N) is 2. The molecule has 0 unspecified atom stereocenters. The van der Waals surface area contributed by atoms with Crippen LogP contribution in [0.3, 0.4) is 0 Å². The van der Waals surface area contributed by atoms with Crippen LogP contribution in [0.15, 0.2) is 24.5 Å². The van der Waals surface area contributed by atoms with Crippen LogP contribution in [0.25, 0.3) is 5.69 Å². The van der Waals surface area contributed by atoms with Crippen LogP contribution in [0.1, 0.15) is 27.3 Å². The van der Waals surface area contributed by atoms with Crippen molar-refractivity contribution in [1.82, 2.24) is 9.55 Å². The minimum atomic E-state index is -0.957. The fourth-order valence-electron chi connectivity index (χ4n) is 1.86. The highest BCUT2D eigenvalue weighted by atomic mass is 16.4. The molecule has 0 bridgehead atoms. The van der Waals surface area contributed by atoms with Crippen LogP contribution in [0.2, 0.25) is 0 Å². The van der Waals surface area contributed by atoms with Gasteiger partial charge in [-0.2, -0.15) is 0 Å². The molecule has 0 saturated carbocycles. The summed E-state index contributed by atoms with van der Waals surface area (Å²) in [7, 11) is 0. The Morgan fingerprint density at radius 2 is 2.00 bits per heavy atom. The van der Waals surface area contributed by atoms with Gasteiger partial charge >= 0.3 is 5.97 Å². The number of rotatable bonds is 2. The maximum absolute atomic E-state index is 11.2. The summed E-state index contributed by atoms with van der Waals surface area (Å²) in [5.41, 5.74) is 3.73. The van der Waals surface area contributed by atoms with E-state index >= 15 is 0 Å². The van der Waals surface area contributed by atoms with Crippen molar-refractivity contribution in [2.75, 3.05) is 0 Å². The zero-order valence-corrected chi connectivity index (χ0v) is 10.1. The predicted molar refractivity (Wildman–Crippen MR) is 64.7 cm³/mol. The Morgan fingerprint density at radius 3 is 2.65 bits per heavy atom. The lowest BCUT2D eigenvalue weighted by atomic mass is 10.1. The average molecular weight is 230 g/mol. The second kappa shape index (κ2) is 4.05. The standard InChI is InChI=1S/C13H14N2O2/c1-8-4-5-9(2)11(6-8)15-7-14-10(3)12(15)13(16)17/h4-7H,1-3H3,(H,16,17). The van der Waals surface area contributed by atoms with Crippen molar-refractivity contribution in [2.45, 2.75) is 20.8 Å². The van der Waals surface area contributed by atoms with Crippen LogP contribution < -0.4 is 0 Å². The lowest BCUT2D eigenvalue weighted by Crippen LogP contribution is -2.08. The number of aromatic carboxylic acids is 1. The molecule has 88 valence electrons. The monoisotopic (exact) mass is 230 g/mol. The Bertz CT molecular complexity index is 585. The van der Waals surface area contributed by atoms with Gasteiger partial charge in [0.1, 0.15) is 6.33 Å². The largest absolute Gasteiger partial charge is 0.477 e. The first kappa shape index (κ1) is 11.4. The molecule has 0 radical (unpaired) electrons. The SMILES string of the molecule is Cc1ccc(C)c(-n2cnc(C)c2C(=O)O)c1. The summed E-state index contributed by atoms with van der Waals surface area (Å²) in [5, 5.41) is 9.20. The normalized spacial score (nSPS) is 10.5. The number of benzene rings is 1. The molecule has 1 aromatic carbocycles. The highest BCUT2D eigenvalue weighted by Crippen LogP contribution is 2.19. The van der Waals surface area contributed by atoms with E-state index in [4.69, 9.17) is 0 Å². The topological polar surface area (TPSA) is 55.1 Å². The number of aryl methyl sites for hydroxylation is 3. The van der Waals surface area contributed by atoms with Gasteiger partial charge in [0.05, 0.1) is 11.4 Å². The Morgan fingerprint density at radius 1 is 1.29 bits per heavy atom. The molecule has 2 rings (SSSR count). The van der Waals surface area contributed by atoms with E-state index in [1.807, 2.05) is 32.0 Å². The van der Waals surface area contributed by atoms with Crippen LogP contribution in [0.4, 0.5) is 0 Å². The molecule has 1 heterocycles. The summed E-state index contributed by atoms with van der Waals surface area (Å²) in [4.78, 5) is 15.3. The molecule has 2 aromatic rings. The smallest absolute Gasteiger partial charge is 0.354 e. The van der Waals surface area contributed by atoms with Crippen molar-refractivity contribution in [1.29, 1.82) is 0 Å². The molecular formula is C13H14N2O2. The Hall–Kier alpha value is -2.10. The number of hydrogen-bond donors (Lipinski definition) is 1. The number of aromatic nitrogens is 2. The zero-order chi connectivity index (χ0) is 12.6. The van der Waals surface area contributed by atoms with E-state index in [1.165, 1.54) is 0 Å². The predicted octanol–water partition coefficient (Wildman–Crippen LogP) is 2.50. The lowest BCUT2D eigenvalue weighted by Gasteiger charge is -2.10. The molecular weight excluding hydrogens is 216 g/mol. The van der Waals surface area contributed by atoms with Gasteiger partial charge in [0.15, 0.2) is 5.69 Å². The van der Waals surface area contributed by atoms with Crippen LogP contribution >= 0.6 is 0 Å². The van der Waals surface area contributed by atoms with Crippen molar-refractivity contribution in [3.8, 4) is 5.69 Å². The maximum Gasteiger partial charge on any atom is 0.354 e. The van der Waals surface area contributed by atoms with Crippen molar-refractivity contribution >= 4 is 5.97 Å². The van der Waals surface area contributed by atoms with Crippen LogP contribution in [-0.2, 0) is 0 Å². The third-order valence-electron chi connectivity index (χ3n) is 2.78. The molecule has 4 heteroatoms. The van der Waals surface area contributed by atoms with Gasteiger partial charge in [0.2, 0.25) is 0 Å². The van der Waals surface area contributed by atoms with Crippen LogP contribution in [0, 0.1) is 20.8 Å². The Balaban J connectivity index is 2.68. The summed E-state index contributed by atoms with van der Waals surface area (Å²) in [5.74, 6) is -0.957. The molecule has 4 nitrogen and oxygen atoms in total. The molecule has 0 aliphatic heterocycles. The van der Waals surface area contributed by atoms with E-state index in [1.54, 1.807) is 17.8 Å². The van der Waals surface area contributed by atoms with Gasteiger partial charge in [0, 0.05) is 0 Å². The van der Waals surface area contributed by atoms with E-state index in [0.29, 0.717) is 5.69 Å². The van der Waals surface area contributed by atoms with E-state index in [0.717, 1.165) is 16.8 Å². The number of hydrogen-bond acceptors (Lipinski definition) is 2. The molecule has 0 amide bonds. The molecule has 0 fully saturated rings. The highest BCUT2D eigenvalue weighted by molar-refractivity contribution is 5.87. The summed E-state index contributed by atoms with van der Waals surface area (Å²) < 4.78 is 1.62. The van der Waals surface area contributed by atoms with E-state index in [2.05, 4.69) is 4.98 Å². The third-order valence-corrected chi connectivity index (χ3v) is 2.78. The third kappa shape index (κ3) is 1.93. The molecule has 0 spiro atoms. The summed E-state index contributed by atoms with van der Waals surface area (Å²) in [6.45, 7) is 5.63. The first-order valence-electron chi connectivity index (χ1n) is 5.35. The lowest BCUT2D eigenvalue weighted by molar-refractivity contribution is 0.0687. The number of imidazole rings is 1. The van der Waals surface area contributed by atoms with Crippen molar-refractivity contribution < 1.29 is 9.90 Å². The molecule has 1 N–H and O–H groups in total. The first-order valence-corrected chi connectivity index (χ1v) is 5.35. The minimum Gasteiger partial charge on any atom is -0.477 e. The number of carboxylic acid groups (broad SMARTS) is 1. The van der Waals surface area contributed by atoms with Crippen molar-refractivity contribution in [3.63, 3.8) is 0 Å². The molecule has 0 aliphatic rings. The van der Waals surface area contributed by atoms with Crippen molar-refractivity contribution in [2.24, 2.45) is 0 Å². The van der Waals surface area contributed by atoms with Gasteiger partial charge in [0.25, 0.3) is 0 Å². The fourth-order valence-corrected chi connectivity index (χ4v) is 1.86. The fraction of sp³-hybridized carbons (Fsp3) is 0.231. The second-order valence-corrected chi connectivity index (χ2v) is 4.14. The van der Waals surface area contributed by atoms with Crippen LogP contribution in [-0.4, -0.2) is 20.6 Å². The van der Waals surface area contributed by atoms with Gasteiger partial charge in [-0.05, 0) is 38.0 Å². The molecule has 0 saturated heterocycles. The minimum absolute atomic E-state index is 0.221. The van der Waals surface area contributed by atoms with Gasteiger partial charge < -0.3 is 5.11 Å². The zero-order valence-electron chi connectivity index (χ0n) is 10.1. The molecule has 17 heavy (non-hydrogen) atoms. The first-order chi connectivity index (χ1) is 8.00. The Labute approximate surface area is 99.5 Å². The summed E-state index contributed by atoms with van der Waals surface area (Å²) in [6, 6.07) is 5.94. The van der Waals surface area contributed by atoms with Gasteiger partial charge in [-0.25, -0.2) is 9.78 Å². The average Bonchev–Trinajstić information content (AvgIpc) is 2.64. The van der Waals surface area contributed by atoms with E-state index in [9.17, 15) is 9.90 Å². The van der Waals surface area contributed by atoms with E-state index < -0.39 is 5.97 Å².